The van der Waals surface area contributed by atoms with Crippen molar-refractivity contribution in [2.24, 2.45) is 5.92 Å². The van der Waals surface area contributed by atoms with E-state index >= 15 is 0 Å². The lowest BCUT2D eigenvalue weighted by Gasteiger charge is -2.42. The minimum Gasteiger partial charge on any atom is -0.460 e. The summed E-state index contributed by atoms with van der Waals surface area (Å²) in [5.41, 5.74) is 0.703. The molecule has 11 heteroatoms. The molecular weight excluding hydrogens is 787 g/mol. The molecule has 2 heterocycles. The predicted molar refractivity (Wildman–Crippen MR) is 247 cm³/mol. The number of rotatable bonds is 39. The van der Waals surface area contributed by atoms with E-state index in [2.05, 4.69) is 54.9 Å². The van der Waals surface area contributed by atoms with E-state index in [1.54, 1.807) is 7.11 Å². The molecule has 1 spiro atoms. The summed E-state index contributed by atoms with van der Waals surface area (Å²) in [5.74, 6) is -0.366. The van der Waals surface area contributed by atoms with Crippen molar-refractivity contribution in [2.75, 3.05) is 67.8 Å². The van der Waals surface area contributed by atoms with Crippen molar-refractivity contribution >= 4 is 11.9 Å². The molecule has 0 aromatic carbocycles. The summed E-state index contributed by atoms with van der Waals surface area (Å²) in [6, 6.07) is 0. The van der Waals surface area contributed by atoms with Gasteiger partial charge in [0, 0.05) is 26.6 Å². The third-order valence-electron chi connectivity index (χ3n) is 13.2. The van der Waals surface area contributed by atoms with Crippen molar-refractivity contribution in [1.29, 1.82) is 0 Å². The van der Waals surface area contributed by atoms with Crippen molar-refractivity contribution in [3.63, 3.8) is 0 Å². The number of hydrogen-bond donors (Lipinski definition) is 0. The highest BCUT2D eigenvalue weighted by Crippen LogP contribution is 2.59. The second kappa shape index (κ2) is 30.6. The lowest BCUT2D eigenvalue weighted by molar-refractivity contribution is -0.871. The Morgan fingerprint density at radius 2 is 1.29 bits per heavy atom. The Kier molecular flexibility index (Phi) is 27.0. The van der Waals surface area contributed by atoms with Gasteiger partial charge in [0.2, 0.25) is 0 Å². The van der Waals surface area contributed by atoms with Gasteiger partial charge in [0.05, 0.1) is 46.4 Å². The van der Waals surface area contributed by atoms with Crippen molar-refractivity contribution in [3.8, 4) is 0 Å². The molecule has 2 aliphatic heterocycles. The zero-order valence-corrected chi connectivity index (χ0v) is 41.1. The molecule has 0 bridgehead atoms. The number of allylic oxidation sites excluding steroid dienone is 1. The fourth-order valence-electron chi connectivity index (χ4n) is 9.19. The van der Waals surface area contributed by atoms with Crippen LogP contribution >= 0.6 is 0 Å². The van der Waals surface area contributed by atoms with E-state index < -0.39 is 6.10 Å². The normalized spacial score (nSPS) is 24.8. The molecule has 3 aliphatic rings. The summed E-state index contributed by atoms with van der Waals surface area (Å²) in [4.78, 5) is 36.7. The number of nitrogens with zero attached hydrogens (tertiary/aromatic N) is 1. The minimum atomic E-state index is -0.501. The summed E-state index contributed by atoms with van der Waals surface area (Å²) >= 11 is 0. The Morgan fingerprint density at radius 1 is 0.742 bits per heavy atom. The van der Waals surface area contributed by atoms with Crippen LogP contribution in [0.5, 0.6) is 0 Å². The van der Waals surface area contributed by atoms with E-state index in [-0.39, 0.29) is 54.0 Å². The first-order chi connectivity index (χ1) is 29.8. The topological polar surface area (TPSA) is 115 Å². The summed E-state index contributed by atoms with van der Waals surface area (Å²) in [5, 5.41) is 0. The molecule has 362 valence electrons. The number of methoxy groups -OCH3 is 1. The quantitative estimate of drug-likeness (QED) is 0.0112. The van der Waals surface area contributed by atoms with Crippen LogP contribution in [0.3, 0.4) is 0 Å². The fraction of sp³-hybridized carbons (Fsp3) is 0.922. The van der Waals surface area contributed by atoms with Crippen LogP contribution in [0.15, 0.2) is 11.6 Å². The van der Waals surface area contributed by atoms with Gasteiger partial charge < -0.3 is 32.9 Å². The second-order valence-electron chi connectivity index (χ2n) is 20.3. The standard InChI is InChI=1S/C51H94NO10/c1-9-10-11-12-13-14-15-16-17-18-19-20-23-26-29-37-56-39-43(40-59-58-38-36-52(5,6)7)60-46(53)30-27-24-21-22-25-28-31-47(54)61-44-34-35-51(41-57-51)49(48(44)55-8)50(4)45(62-50)33-32-42(2)3/h32,43-45,48-49H,9-31,33-41H2,1-8H3/q+1/t43?,44-,45-,48-,49-,50+,51+/m1/s1. The Bertz CT molecular complexity index is 1230. The van der Waals surface area contributed by atoms with Crippen LogP contribution in [0.4, 0.5) is 0 Å². The highest BCUT2D eigenvalue weighted by Gasteiger charge is 2.72. The van der Waals surface area contributed by atoms with E-state index in [4.69, 9.17) is 38.2 Å². The Hall–Kier alpha value is -1.60. The minimum absolute atomic E-state index is 0.0253. The SMILES string of the molecule is CCCCCCCCCCCCCCCCCOCC(COOCC[N+](C)(C)C)OC(=O)CCCCCCCCC(=O)O[C@@H]1CC[C@]2(CO2)[C@@H]([C@@]2(C)O[C@@H]2CC=C(C)C)[C@@H]1OC. The molecule has 1 aliphatic carbocycles. The van der Waals surface area contributed by atoms with Crippen LogP contribution in [0.1, 0.15) is 195 Å². The smallest absolute Gasteiger partial charge is 0.306 e. The summed E-state index contributed by atoms with van der Waals surface area (Å²) in [6.07, 6.45) is 29.9. The van der Waals surface area contributed by atoms with Crippen LogP contribution in [-0.2, 0) is 47.8 Å². The van der Waals surface area contributed by atoms with Crippen LogP contribution < -0.4 is 0 Å². The van der Waals surface area contributed by atoms with E-state index in [1.807, 2.05) is 0 Å². The highest BCUT2D eigenvalue weighted by atomic mass is 17.2. The van der Waals surface area contributed by atoms with Crippen molar-refractivity contribution in [3.05, 3.63) is 11.6 Å². The average molecular weight is 881 g/mol. The van der Waals surface area contributed by atoms with Gasteiger partial charge in [-0.15, -0.1) is 0 Å². The Morgan fingerprint density at radius 3 is 1.82 bits per heavy atom. The van der Waals surface area contributed by atoms with Gasteiger partial charge in [-0.1, -0.05) is 134 Å². The monoisotopic (exact) mass is 881 g/mol. The first-order valence-electron chi connectivity index (χ1n) is 25.3. The molecule has 0 aromatic heterocycles. The van der Waals surface area contributed by atoms with Gasteiger partial charge in [-0.05, 0) is 59.3 Å². The molecule has 0 N–H and O–H groups in total. The molecule has 3 fully saturated rings. The van der Waals surface area contributed by atoms with Crippen LogP contribution in [0.25, 0.3) is 0 Å². The molecule has 7 atom stereocenters. The number of esters is 2. The number of carbonyl (C=O) groups excluding carboxylic acids is 2. The molecule has 3 rings (SSSR count). The lowest BCUT2D eigenvalue weighted by Crippen LogP contribution is -2.55. The highest BCUT2D eigenvalue weighted by molar-refractivity contribution is 5.70. The molecular formula is C51H94NO10+. The predicted octanol–water partition coefficient (Wildman–Crippen LogP) is 11.2. The second-order valence-corrected chi connectivity index (χ2v) is 20.3. The summed E-state index contributed by atoms with van der Waals surface area (Å²) in [6.45, 7) is 11.8. The molecule has 0 amide bonds. The molecule has 0 aromatic rings. The third-order valence-corrected chi connectivity index (χ3v) is 13.2. The number of unbranched alkanes of at least 4 members (excludes halogenated alkanes) is 19. The molecule has 0 radical (unpaired) electrons. The zero-order chi connectivity index (χ0) is 45.1. The Labute approximate surface area is 378 Å². The van der Waals surface area contributed by atoms with Gasteiger partial charge in [-0.25, -0.2) is 9.78 Å². The van der Waals surface area contributed by atoms with E-state index in [9.17, 15) is 9.59 Å². The number of ether oxygens (including phenoxy) is 6. The first kappa shape index (κ1) is 54.7. The first-order valence-corrected chi connectivity index (χ1v) is 25.3. The molecule has 1 saturated carbocycles. The molecule has 1 unspecified atom stereocenters. The third kappa shape index (κ3) is 22.5. The maximum atomic E-state index is 13.0. The number of likely N-dealkylation sites (N-methyl/N-ethyl adjacent to an activating group) is 1. The number of quaternary nitrogens is 1. The lowest BCUT2D eigenvalue weighted by atomic mass is 9.68. The fourth-order valence-corrected chi connectivity index (χ4v) is 9.19. The van der Waals surface area contributed by atoms with Gasteiger partial charge in [0.1, 0.15) is 43.2 Å². The Balaban J connectivity index is 1.23. The van der Waals surface area contributed by atoms with Crippen molar-refractivity contribution in [1.82, 2.24) is 0 Å². The van der Waals surface area contributed by atoms with Gasteiger partial charge in [0.25, 0.3) is 0 Å². The number of epoxide rings is 2. The largest absolute Gasteiger partial charge is 0.460 e. The van der Waals surface area contributed by atoms with E-state index in [0.29, 0.717) is 39.3 Å². The maximum Gasteiger partial charge on any atom is 0.306 e. The van der Waals surface area contributed by atoms with Crippen molar-refractivity contribution in [2.45, 2.75) is 230 Å². The van der Waals surface area contributed by atoms with Crippen LogP contribution in [0, 0.1) is 5.92 Å². The van der Waals surface area contributed by atoms with Crippen LogP contribution in [-0.4, -0.2) is 120 Å². The van der Waals surface area contributed by atoms with Gasteiger partial charge in [-0.3, -0.25) is 9.59 Å². The van der Waals surface area contributed by atoms with Gasteiger partial charge in [-0.2, -0.15) is 0 Å². The van der Waals surface area contributed by atoms with Crippen LogP contribution in [0.2, 0.25) is 0 Å². The van der Waals surface area contributed by atoms with E-state index in [0.717, 1.165) is 81.7 Å². The molecule has 11 nitrogen and oxygen atoms in total. The maximum absolute atomic E-state index is 13.0. The zero-order valence-electron chi connectivity index (χ0n) is 41.1. The summed E-state index contributed by atoms with van der Waals surface area (Å²) in [7, 11) is 8.02. The number of carbonyl (C=O) groups is 2. The summed E-state index contributed by atoms with van der Waals surface area (Å²) < 4.78 is 37.0. The number of hydrogen-bond acceptors (Lipinski definition) is 10. The molecule has 2 saturated heterocycles. The van der Waals surface area contributed by atoms with Gasteiger partial charge >= 0.3 is 11.9 Å². The van der Waals surface area contributed by atoms with E-state index in [1.165, 1.54) is 89.0 Å². The molecule has 62 heavy (non-hydrogen) atoms. The van der Waals surface area contributed by atoms with Gasteiger partial charge in [0.15, 0.2) is 6.10 Å². The average Bonchev–Trinajstić information content (AvgIpc) is 4.15. The van der Waals surface area contributed by atoms with Crippen molar-refractivity contribution < 1.29 is 52.3 Å².